The van der Waals surface area contributed by atoms with Crippen LogP contribution < -0.4 is 0 Å². The molecule has 0 unspecified atom stereocenters. The number of hydrogen-bond donors (Lipinski definition) is 3. The average molecular weight is 194 g/mol. The number of aliphatic hydroxyl groups is 1. The van der Waals surface area contributed by atoms with Gasteiger partial charge in [0.1, 0.15) is 0 Å². The highest BCUT2D eigenvalue weighted by Gasteiger charge is 2.41. The zero-order valence-electron chi connectivity index (χ0n) is 7.90. The van der Waals surface area contributed by atoms with Crippen molar-refractivity contribution in [3.05, 3.63) is 23.8 Å². The van der Waals surface area contributed by atoms with Crippen LogP contribution in [0.4, 0.5) is 0 Å². The monoisotopic (exact) mass is 194 g/mol. The first kappa shape index (κ1) is 9.34. The maximum Gasteiger partial charge on any atom is 0.157 e. The van der Waals surface area contributed by atoms with Gasteiger partial charge in [-0.05, 0) is 42.4 Å². The molecule has 2 rings (SSSR count). The van der Waals surface area contributed by atoms with Gasteiger partial charge in [-0.25, -0.2) is 0 Å². The van der Waals surface area contributed by atoms with Crippen molar-refractivity contribution in [3.63, 3.8) is 0 Å². The van der Waals surface area contributed by atoms with Crippen LogP contribution in [0, 0.1) is 5.41 Å². The summed E-state index contributed by atoms with van der Waals surface area (Å²) in [5, 5.41) is 27.5. The molecule has 14 heavy (non-hydrogen) atoms. The van der Waals surface area contributed by atoms with Crippen LogP contribution in [0.5, 0.6) is 11.5 Å². The molecule has 0 aromatic heterocycles. The predicted molar refractivity (Wildman–Crippen MR) is 52.2 cm³/mol. The van der Waals surface area contributed by atoms with Crippen molar-refractivity contribution in [1.29, 1.82) is 0 Å². The average Bonchev–Trinajstić information content (AvgIpc) is 2.93. The first-order chi connectivity index (χ1) is 6.65. The molecule has 0 saturated heterocycles. The van der Waals surface area contributed by atoms with Gasteiger partial charge in [0.15, 0.2) is 11.5 Å². The Kier molecular flexibility index (Phi) is 2.11. The predicted octanol–water partition coefficient (Wildman–Crippen LogP) is 1.41. The fraction of sp³-hybridized carbons (Fsp3) is 0.455. The van der Waals surface area contributed by atoms with Crippen LogP contribution in [0.3, 0.4) is 0 Å². The van der Waals surface area contributed by atoms with E-state index in [2.05, 4.69) is 0 Å². The van der Waals surface area contributed by atoms with Crippen molar-refractivity contribution >= 4 is 0 Å². The number of benzene rings is 1. The Morgan fingerprint density at radius 2 is 1.86 bits per heavy atom. The van der Waals surface area contributed by atoms with Gasteiger partial charge in [-0.3, -0.25) is 0 Å². The number of phenols is 2. The standard InChI is InChI=1S/C11H14O3/c12-7-11(3-4-11)6-8-1-2-9(13)10(14)5-8/h1-2,5,12-14H,3-4,6-7H2. The third-order valence-electron chi connectivity index (χ3n) is 2.91. The van der Waals surface area contributed by atoms with E-state index >= 15 is 0 Å². The lowest BCUT2D eigenvalue weighted by Gasteiger charge is -2.11. The summed E-state index contributed by atoms with van der Waals surface area (Å²) >= 11 is 0. The van der Waals surface area contributed by atoms with Crippen LogP contribution >= 0.6 is 0 Å². The van der Waals surface area contributed by atoms with Crippen LogP contribution in [0.15, 0.2) is 18.2 Å². The largest absolute Gasteiger partial charge is 0.504 e. The SMILES string of the molecule is OCC1(Cc2ccc(O)c(O)c2)CC1. The minimum absolute atomic E-state index is 0.0451. The fourth-order valence-corrected chi connectivity index (χ4v) is 1.68. The highest BCUT2D eigenvalue weighted by atomic mass is 16.3. The second-order valence-corrected chi connectivity index (χ2v) is 4.16. The van der Waals surface area contributed by atoms with Crippen LogP contribution in [0.25, 0.3) is 0 Å². The van der Waals surface area contributed by atoms with Gasteiger partial charge in [0, 0.05) is 6.61 Å². The Bertz CT molecular complexity index is 342. The van der Waals surface area contributed by atoms with E-state index in [1.807, 2.05) is 0 Å². The van der Waals surface area contributed by atoms with Crippen molar-refractivity contribution in [1.82, 2.24) is 0 Å². The van der Waals surface area contributed by atoms with Gasteiger partial charge in [0.2, 0.25) is 0 Å². The summed E-state index contributed by atoms with van der Waals surface area (Å²) in [7, 11) is 0. The first-order valence-electron chi connectivity index (χ1n) is 4.77. The Morgan fingerprint density at radius 1 is 1.14 bits per heavy atom. The van der Waals surface area contributed by atoms with E-state index in [0.717, 1.165) is 24.8 Å². The quantitative estimate of drug-likeness (QED) is 0.637. The maximum atomic E-state index is 9.28. The molecule has 0 atom stereocenters. The van der Waals surface area contributed by atoms with Crippen molar-refractivity contribution in [2.75, 3.05) is 6.61 Å². The Morgan fingerprint density at radius 3 is 2.36 bits per heavy atom. The van der Waals surface area contributed by atoms with E-state index in [0.29, 0.717) is 0 Å². The number of aromatic hydroxyl groups is 2. The first-order valence-corrected chi connectivity index (χ1v) is 4.77. The minimum Gasteiger partial charge on any atom is -0.504 e. The van der Waals surface area contributed by atoms with Crippen molar-refractivity contribution < 1.29 is 15.3 Å². The van der Waals surface area contributed by atoms with Crippen LogP contribution in [0.1, 0.15) is 18.4 Å². The van der Waals surface area contributed by atoms with E-state index < -0.39 is 0 Å². The molecule has 1 aromatic carbocycles. The summed E-state index contributed by atoms with van der Waals surface area (Å²) in [5.74, 6) is -0.182. The molecule has 0 radical (unpaired) electrons. The van der Waals surface area contributed by atoms with Gasteiger partial charge in [-0.1, -0.05) is 6.07 Å². The van der Waals surface area contributed by atoms with Gasteiger partial charge >= 0.3 is 0 Å². The molecule has 76 valence electrons. The molecule has 3 nitrogen and oxygen atoms in total. The van der Waals surface area contributed by atoms with Crippen LogP contribution in [-0.2, 0) is 6.42 Å². The van der Waals surface area contributed by atoms with Gasteiger partial charge in [0.25, 0.3) is 0 Å². The number of rotatable bonds is 3. The van der Waals surface area contributed by atoms with Gasteiger partial charge in [-0.2, -0.15) is 0 Å². The molecule has 1 aliphatic rings. The smallest absolute Gasteiger partial charge is 0.157 e. The molecule has 1 aliphatic carbocycles. The third kappa shape index (κ3) is 1.68. The molecule has 3 N–H and O–H groups in total. The zero-order chi connectivity index (χ0) is 10.2. The van der Waals surface area contributed by atoms with E-state index in [4.69, 9.17) is 10.2 Å². The van der Waals surface area contributed by atoms with Crippen LogP contribution in [0.2, 0.25) is 0 Å². The highest BCUT2D eigenvalue weighted by Crippen LogP contribution is 2.48. The summed E-state index contributed by atoms with van der Waals surface area (Å²) in [5.41, 5.74) is 1.01. The number of aliphatic hydroxyl groups excluding tert-OH is 1. The molecule has 0 aliphatic heterocycles. The van der Waals surface area contributed by atoms with Gasteiger partial charge < -0.3 is 15.3 Å². The highest BCUT2D eigenvalue weighted by molar-refractivity contribution is 5.41. The lowest BCUT2D eigenvalue weighted by Crippen LogP contribution is -2.09. The van der Waals surface area contributed by atoms with E-state index in [1.54, 1.807) is 12.1 Å². The van der Waals surface area contributed by atoms with Crippen molar-refractivity contribution in [3.8, 4) is 11.5 Å². The summed E-state index contributed by atoms with van der Waals surface area (Å²) < 4.78 is 0. The fourth-order valence-electron chi connectivity index (χ4n) is 1.68. The molecule has 1 aromatic rings. The summed E-state index contributed by atoms with van der Waals surface area (Å²) in [4.78, 5) is 0. The second kappa shape index (κ2) is 3.17. The van der Waals surface area contributed by atoms with Crippen molar-refractivity contribution in [2.24, 2.45) is 5.41 Å². The number of phenolic OH excluding ortho intramolecular Hbond substituents is 2. The lowest BCUT2D eigenvalue weighted by atomic mass is 9.97. The topological polar surface area (TPSA) is 60.7 Å². The van der Waals surface area contributed by atoms with Gasteiger partial charge in [-0.15, -0.1) is 0 Å². The van der Waals surface area contributed by atoms with Gasteiger partial charge in [0.05, 0.1) is 0 Å². The summed E-state index contributed by atoms with van der Waals surface area (Å²) in [6, 6.07) is 4.83. The normalized spacial score (nSPS) is 18.1. The molecule has 0 amide bonds. The number of hydrogen-bond acceptors (Lipinski definition) is 3. The molecule has 1 saturated carbocycles. The molecule has 1 fully saturated rings. The molecule has 3 heteroatoms. The van der Waals surface area contributed by atoms with Crippen LogP contribution in [-0.4, -0.2) is 21.9 Å². The Hall–Kier alpha value is -1.22. The van der Waals surface area contributed by atoms with Crippen molar-refractivity contribution in [2.45, 2.75) is 19.3 Å². The molecular weight excluding hydrogens is 180 g/mol. The zero-order valence-corrected chi connectivity index (χ0v) is 7.90. The Labute approximate surface area is 82.6 Å². The molecule has 0 heterocycles. The van der Waals surface area contributed by atoms with E-state index in [1.165, 1.54) is 6.07 Å². The molecule has 0 spiro atoms. The maximum absolute atomic E-state index is 9.28. The summed E-state index contributed by atoms with van der Waals surface area (Å²) in [6.07, 6.45) is 2.87. The minimum atomic E-state index is -0.0948. The Balaban J connectivity index is 2.14. The lowest BCUT2D eigenvalue weighted by molar-refractivity contribution is 0.211. The third-order valence-corrected chi connectivity index (χ3v) is 2.91. The van der Waals surface area contributed by atoms with E-state index in [9.17, 15) is 5.11 Å². The second-order valence-electron chi connectivity index (χ2n) is 4.16. The molecule has 0 bridgehead atoms. The molecular formula is C11H14O3. The van der Waals surface area contributed by atoms with E-state index in [-0.39, 0.29) is 23.5 Å². The summed E-state index contributed by atoms with van der Waals surface area (Å²) in [6.45, 7) is 0.203.